The third-order valence-electron chi connectivity index (χ3n) is 2.73. The molecule has 0 saturated carbocycles. The molecule has 0 aliphatic carbocycles. The van der Waals surface area contributed by atoms with E-state index in [4.69, 9.17) is 0 Å². The lowest BCUT2D eigenvalue weighted by Crippen LogP contribution is -2.14. The molecule has 2 rings (SSSR count). The molecule has 16 heavy (non-hydrogen) atoms. The van der Waals surface area contributed by atoms with Gasteiger partial charge in [-0.2, -0.15) is 0 Å². The van der Waals surface area contributed by atoms with E-state index in [-0.39, 0.29) is 5.91 Å². The average Bonchev–Trinajstić information content (AvgIpc) is 2.65. The van der Waals surface area contributed by atoms with Crippen LogP contribution in [0.15, 0.2) is 18.2 Å². The minimum atomic E-state index is 0.107. The molecule has 3 nitrogen and oxygen atoms in total. The van der Waals surface area contributed by atoms with E-state index in [1.165, 1.54) is 5.56 Å². The Morgan fingerprint density at radius 3 is 3.06 bits per heavy atom. The van der Waals surface area contributed by atoms with Gasteiger partial charge in [-0.1, -0.05) is 19.9 Å². The maximum Gasteiger partial charge on any atom is 0.224 e. The van der Waals surface area contributed by atoms with Crippen molar-refractivity contribution in [2.24, 2.45) is 5.92 Å². The van der Waals surface area contributed by atoms with Crippen molar-refractivity contribution in [3.05, 3.63) is 23.8 Å². The molecule has 1 aliphatic heterocycles. The molecule has 1 aromatic carbocycles. The summed E-state index contributed by atoms with van der Waals surface area (Å²) >= 11 is 0. The topological polar surface area (TPSA) is 41.1 Å². The van der Waals surface area contributed by atoms with Crippen LogP contribution in [0.2, 0.25) is 0 Å². The first-order valence-corrected chi connectivity index (χ1v) is 5.82. The van der Waals surface area contributed by atoms with E-state index >= 15 is 0 Å². The highest BCUT2D eigenvalue weighted by Crippen LogP contribution is 2.29. The summed E-state index contributed by atoms with van der Waals surface area (Å²) < 4.78 is 0. The average molecular weight is 218 g/mol. The molecular formula is C13H18N2O. The van der Waals surface area contributed by atoms with Crippen molar-refractivity contribution in [1.29, 1.82) is 0 Å². The van der Waals surface area contributed by atoms with Gasteiger partial charge in [0.2, 0.25) is 5.91 Å². The second kappa shape index (κ2) is 4.56. The first-order valence-electron chi connectivity index (χ1n) is 5.82. The number of fused-ring (bicyclic) bond motifs is 1. The Morgan fingerprint density at radius 2 is 2.31 bits per heavy atom. The monoisotopic (exact) mass is 218 g/mol. The molecule has 1 heterocycles. The van der Waals surface area contributed by atoms with Crippen LogP contribution in [-0.2, 0) is 11.2 Å². The van der Waals surface area contributed by atoms with Crippen LogP contribution in [0.5, 0.6) is 0 Å². The molecule has 0 radical (unpaired) electrons. The highest BCUT2D eigenvalue weighted by atomic mass is 16.1. The first-order chi connectivity index (χ1) is 7.66. The second-order valence-corrected chi connectivity index (χ2v) is 4.65. The number of nitrogens with one attached hydrogen (secondary N) is 2. The van der Waals surface area contributed by atoms with Crippen LogP contribution in [0.25, 0.3) is 0 Å². The third-order valence-corrected chi connectivity index (χ3v) is 2.73. The Hall–Kier alpha value is -1.51. The zero-order chi connectivity index (χ0) is 11.5. The minimum Gasteiger partial charge on any atom is -0.384 e. The number of benzene rings is 1. The minimum absolute atomic E-state index is 0.107. The summed E-state index contributed by atoms with van der Waals surface area (Å²) in [6.45, 7) is 5.07. The molecule has 0 saturated heterocycles. The molecule has 2 N–H and O–H groups in total. The van der Waals surface area contributed by atoms with Crippen molar-refractivity contribution in [2.75, 3.05) is 17.2 Å². The fourth-order valence-electron chi connectivity index (χ4n) is 2.03. The summed E-state index contributed by atoms with van der Waals surface area (Å²) in [6, 6.07) is 6.01. The van der Waals surface area contributed by atoms with Crippen molar-refractivity contribution >= 4 is 17.3 Å². The molecular weight excluding hydrogens is 200 g/mol. The molecule has 1 amide bonds. The summed E-state index contributed by atoms with van der Waals surface area (Å²) in [5.74, 6) is 0.505. The molecule has 0 aromatic heterocycles. The fourth-order valence-corrected chi connectivity index (χ4v) is 2.03. The number of hydrogen-bond acceptors (Lipinski definition) is 2. The van der Waals surface area contributed by atoms with Crippen molar-refractivity contribution < 1.29 is 4.79 Å². The van der Waals surface area contributed by atoms with Crippen LogP contribution in [0.1, 0.15) is 25.8 Å². The van der Waals surface area contributed by atoms with E-state index in [2.05, 4.69) is 30.5 Å². The number of anilines is 2. The Bertz CT molecular complexity index is 399. The van der Waals surface area contributed by atoms with Crippen molar-refractivity contribution in [2.45, 2.75) is 26.7 Å². The molecule has 1 aromatic rings. The van der Waals surface area contributed by atoms with Gasteiger partial charge in [0.1, 0.15) is 0 Å². The molecule has 0 fully saturated rings. The normalized spacial score (nSPS) is 13.4. The first kappa shape index (κ1) is 11.0. The SMILES string of the molecule is CC(C)CC(=O)Nc1cccc2c1CCN2. The van der Waals surface area contributed by atoms with Crippen LogP contribution in [0.3, 0.4) is 0 Å². The molecule has 0 bridgehead atoms. The Labute approximate surface area is 96.2 Å². The molecule has 3 heteroatoms. The van der Waals surface area contributed by atoms with Crippen molar-refractivity contribution in [3.63, 3.8) is 0 Å². The van der Waals surface area contributed by atoms with Gasteiger partial charge in [0.25, 0.3) is 0 Å². The maximum absolute atomic E-state index is 11.7. The van der Waals surface area contributed by atoms with Crippen LogP contribution in [0, 0.1) is 5.92 Å². The van der Waals surface area contributed by atoms with Crippen LogP contribution in [0.4, 0.5) is 11.4 Å². The van der Waals surface area contributed by atoms with Crippen molar-refractivity contribution in [3.8, 4) is 0 Å². The standard InChI is InChI=1S/C13H18N2O/c1-9(2)8-13(16)15-12-5-3-4-11-10(12)6-7-14-11/h3-5,9,14H,6-8H2,1-2H3,(H,15,16). The van der Waals surface area contributed by atoms with Crippen molar-refractivity contribution in [1.82, 2.24) is 0 Å². The lowest BCUT2D eigenvalue weighted by Gasteiger charge is -2.10. The van der Waals surface area contributed by atoms with E-state index in [0.717, 1.165) is 24.3 Å². The third kappa shape index (κ3) is 2.35. The van der Waals surface area contributed by atoms with Gasteiger partial charge in [0.05, 0.1) is 0 Å². The molecule has 86 valence electrons. The summed E-state index contributed by atoms with van der Waals surface area (Å²) in [5, 5.41) is 6.30. The Kier molecular flexibility index (Phi) is 3.13. The lowest BCUT2D eigenvalue weighted by atomic mass is 10.1. The van der Waals surface area contributed by atoms with Gasteiger partial charge in [-0.15, -0.1) is 0 Å². The molecule has 1 aliphatic rings. The number of rotatable bonds is 3. The van der Waals surface area contributed by atoms with Gasteiger partial charge in [0, 0.05) is 29.9 Å². The largest absolute Gasteiger partial charge is 0.384 e. The molecule has 0 unspecified atom stereocenters. The summed E-state index contributed by atoms with van der Waals surface area (Å²) in [6.07, 6.45) is 1.57. The Balaban J connectivity index is 2.10. The van der Waals surface area contributed by atoms with E-state index in [9.17, 15) is 4.79 Å². The zero-order valence-corrected chi connectivity index (χ0v) is 9.84. The summed E-state index contributed by atoms with van der Waals surface area (Å²) in [5.41, 5.74) is 3.36. The quantitative estimate of drug-likeness (QED) is 0.819. The maximum atomic E-state index is 11.7. The highest BCUT2D eigenvalue weighted by Gasteiger charge is 2.15. The van der Waals surface area contributed by atoms with E-state index in [1.54, 1.807) is 0 Å². The predicted molar refractivity (Wildman–Crippen MR) is 66.7 cm³/mol. The fraction of sp³-hybridized carbons (Fsp3) is 0.462. The number of carbonyl (C=O) groups is 1. The summed E-state index contributed by atoms with van der Waals surface area (Å²) in [7, 11) is 0. The Morgan fingerprint density at radius 1 is 1.50 bits per heavy atom. The smallest absolute Gasteiger partial charge is 0.224 e. The van der Waals surface area contributed by atoms with Crippen LogP contribution < -0.4 is 10.6 Å². The van der Waals surface area contributed by atoms with E-state index in [0.29, 0.717) is 12.3 Å². The number of hydrogen-bond donors (Lipinski definition) is 2. The van der Waals surface area contributed by atoms with Crippen LogP contribution >= 0.6 is 0 Å². The second-order valence-electron chi connectivity index (χ2n) is 4.65. The van der Waals surface area contributed by atoms with Gasteiger partial charge in [-0.25, -0.2) is 0 Å². The molecule has 0 spiro atoms. The molecule has 0 atom stereocenters. The number of amides is 1. The van der Waals surface area contributed by atoms with Gasteiger partial charge >= 0.3 is 0 Å². The van der Waals surface area contributed by atoms with Gasteiger partial charge in [-0.05, 0) is 24.5 Å². The number of carbonyl (C=O) groups excluding carboxylic acids is 1. The highest BCUT2D eigenvalue weighted by molar-refractivity contribution is 5.92. The van der Waals surface area contributed by atoms with Gasteiger partial charge < -0.3 is 10.6 Å². The van der Waals surface area contributed by atoms with Crippen LogP contribution in [-0.4, -0.2) is 12.5 Å². The predicted octanol–water partition coefficient (Wildman–Crippen LogP) is 2.64. The van der Waals surface area contributed by atoms with Gasteiger partial charge in [0.15, 0.2) is 0 Å². The lowest BCUT2D eigenvalue weighted by molar-refractivity contribution is -0.116. The zero-order valence-electron chi connectivity index (χ0n) is 9.84. The van der Waals surface area contributed by atoms with Gasteiger partial charge in [-0.3, -0.25) is 4.79 Å². The summed E-state index contributed by atoms with van der Waals surface area (Å²) in [4.78, 5) is 11.7. The van der Waals surface area contributed by atoms with E-state index < -0.39 is 0 Å². The van der Waals surface area contributed by atoms with E-state index in [1.807, 2.05) is 12.1 Å².